The van der Waals surface area contributed by atoms with Gasteiger partial charge in [0.05, 0.1) is 6.61 Å². The van der Waals surface area contributed by atoms with E-state index in [1.165, 1.54) is 0 Å². The first kappa shape index (κ1) is 15.0. The molecule has 6 heteroatoms. The SMILES string of the molecule is Cc1nccn1CCCC(=O)N1CCN(CCO)CC1. The number of carbonyl (C=O) groups excluding carboxylic acids is 1. The van der Waals surface area contributed by atoms with Crippen LogP contribution in [-0.4, -0.2) is 69.7 Å². The Morgan fingerprint density at radius 1 is 1.30 bits per heavy atom. The third kappa shape index (κ3) is 4.05. The molecule has 0 radical (unpaired) electrons. The Hall–Kier alpha value is -1.40. The van der Waals surface area contributed by atoms with Gasteiger partial charge in [0.15, 0.2) is 0 Å². The molecule has 0 atom stereocenters. The number of aryl methyl sites for hydroxylation is 2. The maximum atomic E-state index is 12.1. The van der Waals surface area contributed by atoms with E-state index in [1.807, 2.05) is 18.0 Å². The molecule has 1 aromatic rings. The zero-order chi connectivity index (χ0) is 14.4. The van der Waals surface area contributed by atoms with Gasteiger partial charge >= 0.3 is 0 Å². The van der Waals surface area contributed by atoms with Crippen molar-refractivity contribution in [1.29, 1.82) is 0 Å². The third-order valence-electron chi connectivity index (χ3n) is 3.85. The quantitative estimate of drug-likeness (QED) is 0.803. The number of aromatic nitrogens is 2. The number of β-amino-alcohol motifs (C(OH)–C–C–N with tert-alkyl or cyclic N) is 1. The molecule has 6 nitrogen and oxygen atoms in total. The van der Waals surface area contributed by atoms with Crippen LogP contribution >= 0.6 is 0 Å². The normalized spacial score (nSPS) is 16.6. The van der Waals surface area contributed by atoms with Crippen molar-refractivity contribution < 1.29 is 9.90 Å². The van der Waals surface area contributed by atoms with Gasteiger partial charge in [-0.15, -0.1) is 0 Å². The van der Waals surface area contributed by atoms with E-state index < -0.39 is 0 Å². The Morgan fingerprint density at radius 2 is 2.05 bits per heavy atom. The maximum absolute atomic E-state index is 12.1. The fourth-order valence-corrected chi connectivity index (χ4v) is 2.56. The van der Waals surface area contributed by atoms with Gasteiger partial charge in [0, 0.05) is 58.1 Å². The largest absolute Gasteiger partial charge is 0.395 e. The average Bonchev–Trinajstić information content (AvgIpc) is 2.85. The Bertz CT molecular complexity index is 425. The molecule has 0 aromatic carbocycles. The van der Waals surface area contributed by atoms with Gasteiger partial charge in [-0.2, -0.15) is 0 Å². The molecule has 0 unspecified atom stereocenters. The van der Waals surface area contributed by atoms with E-state index in [-0.39, 0.29) is 12.5 Å². The van der Waals surface area contributed by atoms with Gasteiger partial charge in [-0.1, -0.05) is 0 Å². The maximum Gasteiger partial charge on any atom is 0.222 e. The predicted octanol–water partition coefficient (Wildman–Crippen LogP) is 0.108. The first-order chi connectivity index (χ1) is 9.70. The molecule has 1 aliphatic rings. The van der Waals surface area contributed by atoms with Crippen LogP contribution in [0, 0.1) is 6.92 Å². The zero-order valence-electron chi connectivity index (χ0n) is 12.2. The molecule has 20 heavy (non-hydrogen) atoms. The van der Waals surface area contributed by atoms with Crippen LogP contribution < -0.4 is 0 Å². The van der Waals surface area contributed by atoms with Crippen molar-refractivity contribution >= 4 is 5.91 Å². The minimum Gasteiger partial charge on any atom is -0.395 e. The monoisotopic (exact) mass is 280 g/mol. The smallest absolute Gasteiger partial charge is 0.222 e. The summed E-state index contributed by atoms with van der Waals surface area (Å²) in [6, 6.07) is 0. The van der Waals surface area contributed by atoms with Gasteiger partial charge in [0.2, 0.25) is 5.91 Å². The highest BCUT2D eigenvalue weighted by atomic mass is 16.3. The van der Waals surface area contributed by atoms with Crippen molar-refractivity contribution in [3.63, 3.8) is 0 Å². The first-order valence-electron chi connectivity index (χ1n) is 7.29. The van der Waals surface area contributed by atoms with Crippen molar-refractivity contribution in [2.24, 2.45) is 0 Å². The summed E-state index contributed by atoms with van der Waals surface area (Å²) in [6.45, 7) is 7.02. The molecule has 2 heterocycles. The van der Waals surface area contributed by atoms with Crippen molar-refractivity contribution in [1.82, 2.24) is 19.4 Å². The molecule has 1 saturated heterocycles. The molecule has 1 fully saturated rings. The minimum absolute atomic E-state index is 0.193. The molecule has 0 bridgehead atoms. The number of aliphatic hydroxyl groups is 1. The molecule has 1 aromatic heterocycles. The van der Waals surface area contributed by atoms with Crippen LogP contribution in [0.1, 0.15) is 18.7 Å². The lowest BCUT2D eigenvalue weighted by atomic mass is 10.2. The lowest BCUT2D eigenvalue weighted by Gasteiger charge is -2.34. The highest BCUT2D eigenvalue weighted by Crippen LogP contribution is 2.06. The summed E-state index contributed by atoms with van der Waals surface area (Å²) < 4.78 is 2.08. The standard InChI is InChI=1S/C14H24N4O2/c1-13-15-4-6-17(13)5-2-3-14(20)18-9-7-16(8-10-18)11-12-19/h4,6,19H,2-3,5,7-12H2,1H3. The van der Waals surface area contributed by atoms with Gasteiger partial charge in [0.25, 0.3) is 0 Å². The van der Waals surface area contributed by atoms with E-state index in [2.05, 4.69) is 14.5 Å². The molecule has 112 valence electrons. The second-order valence-corrected chi connectivity index (χ2v) is 5.22. The second-order valence-electron chi connectivity index (χ2n) is 5.22. The number of carbonyl (C=O) groups is 1. The highest BCUT2D eigenvalue weighted by Gasteiger charge is 2.20. The van der Waals surface area contributed by atoms with Gasteiger partial charge in [-0.3, -0.25) is 9.69 Å². The van der Waals surface area contributed by atoms with Crippen LogP contribution in [0.5, 0.6) is 0 Å². The van der Waals surface area contributed by atoms with Gasteiger partial charge in [0.1, 0.15) is 5.82 Å². The van der Waals surface area contributed by atoms with Crippen LogP contribution in [0.25, 0.3) is 0 Å². The van der Waals surface area contributed by atoms with Crippen LogP contribution in [0.15, 0.2) is 12.4 Å². The van der Waals surface area contributed by atoms with Crippen LogP contribution in [-0.2, 0) is 11.3 Å². The van der Waals surface area contributed by atoms with Crippen LogP contribution in [0.3, 0.4) is 0 Å². The number of amides is 1. The van der Waals surface area contributed by atoms with E-state index >= 15 is 0 Å². The minimum atomic E-state index is 0.193. The average molecular weight is 280 g/mol. The van der Waals surface area contributed by atoms with Crippen molar-refractivity contribution in [3.8, 4) is 0 Å². The van der Waals surface area contributed by atoms with Crippen molar-refractivity contribution in [2.75, 3.05) is 39.3 Å². The fraction of sp³-hybridized carbons (Fsp3) is 0.714. The summed E-state index contributed by atoms with van der Waals surface area (Å²) in [6.07, 6.45) is 5.19. The Kier molecular flexibility index (Phi) is 5.55. The Morgan fingerprint density at radius 3 is 2.65 bits per heavy atom. The van der Waals surface area contributed by atoms with E-state index in [0.29, 0.717) is 13.0 Å². The van der Waals surface area contributed by atoms with Crippen LogP contribution in [0.4, 0.5) is 0 Å². The molecule has 0 spiro atoms. The van der Waals surface area contributed by atoms with Crippen LogP contribution in [0.2, 0.25) is 0 Å². The Balaban J connectivity index is 1.67. The molecular weight excluding hydrogens is 256 g/mol. The lowest BCUT2D eigenvalue weighted by Crippen LogP contribution is -2.49. The summed E-state index contributed by atoms with van der Waals surface area (Å²) in [4.78, 5) is 20.4. The van der Waals surface area contributed by atoms with E-state index in [4.69, 9.17) is 5.11 Å². The molecule has 0 aliphatic carbocycles. The zero-order valence-corrected chi connectivity index (χ0v) is 12.2. The molecular formula is C14H24N4O2. The molecule has 1 aliphatic heterocycles. The van der Waals surface area contributed by atoms with Crippen molar-refractivity contribution in [2.45, 2.75) is 26.3 Å². The number of nitrogens with zero attached hydrogens (tertiary/aromatic N) is 4. The summed E-state index contributed by atoms with van der Waals surface area (Å²) in [5, 5.41) is 8.89. The van der Waals surface area contributed by atoms with Gasteiger partial charge < -0.3 is 14.6 Å². The Labute approximate surface area is 120 Å². The predicted molar refractivity (Wildman–Crippen MR) is 76.3 cm³/mol. The molecule has 2 rings (SSSR count). The first-order valence-corrected chi connectivity index (χ1v) is 7.29. The number of piperazine rings is 1. The molecule has 0 saturated carbocycles. The summed E-state index contributed by atoms with van der Waals surface area (Å²) in [5.74, 6) is 1.24. The topological polar surface area (TPSA) is 61.6 Å². The number of hydrogen-bond donors (Lipinski definition) is 1. The van der Waals surface area contributed by atoms with Gasteiger partial charge in [-0.25, -0.2) is 4.98 Å². The third-order valence-corrected chi connectivity index (χ3v) is 3.85. The van der Waals surface area contributed by atoms with E-state index in [1.54, 1.807) is 6.20 Å². The summed E-state index contributed by atoms with van der Waals surface area (Å²) in [5.41, 5.74) is 0. The molecule has 1 amide bonds. The lowest BCUT2D eigenvalue weighted by molar-refractivity contribution is -0.133. The fourth-order valence-electron chi connectivity index (χ4n) is 2.56. The number of aliphatic hydroxyl groups excluding tert-OH is 1. The van der Waals surface area contributed by atoms with Gasteiger partial charge in [-0.05, 0) is 13.3 Å². The van der Waals surface area contributed by atoms with Crippen molar-refractivity contribution in [3.05, 3.63) is 18.2 Å². The summed E-state index contributed by atoms with van der Waals surface area (Å²) in [7, 11) is 0. The van der Waals surface area contributed by atoms with E-state index in [0.717, 1.165) is 45.0 Å². The molecule has 1 N–H and O–H groups in total. The number of rotatable bonds is 6. The number of imidazole rings is 1. The second kappa shape index (κ2) is 7.40. The highest BCUT2D eigenvalue weighted by molar-refractivity contribution is 5.76. The van der Waals surface area contributed by atoms with E-state index in [9.17, 15) is 4.79 Å². The number of hydrogen-bond acceptors (Lipinski definition) is 4. The summed E-state index contributed by atoms with van der Waals surface area (Å²) >= 11 is 0.